The first-order valence-corrected chi connectivity index (χ1v) is 7.57. The lowest BCUT2D eigenvalue weighted by Gasteiger charge is -2.35. The molecule has 0 radical (unpaired) electrons. The molecule has 1 aliphatic carbocycles. The molecular formula is C16H23FN2O. The molecule has 1 saturated carbocycles. The number of fused-ring (bicyclic) bond motifs is 1. The molecule has 3 nitrogen and oxygen atoms in total. The Balaban J connectivity index is 1.95. The average molecular weight is 278 g/mol. The summed E-state index contributed by atoms with van der Waals surface area (Å²) in [5, 5.41) is 0. The molecule has 20 heavy (non-hydrogen) atoms. The van der Waals surface area contributed by atoms with Crippen LogP contribution in [0.15, 0.2) is 12.1 Å². The van der Waals surface area contributed by atoms with Crippen LogP contribution in [0.5, 0.6) is 5.75 Å². The molecule has 1 fully saturated rings. The summed E-state index contributed by atoms with van der Waals surface area (Å²) >= 11 is 0. The first kappa shape index (κ1) is 13.8. The van der Waals surface area contributed by atoms with Crippen molar-refractivity contribution in [2.24, 2.45) is 5.73 Å². The van der Waals surface area contributed by atoms with Gasteiger partial charge in [0.15, 0.2) is 0 Å². The van der Waals surface area contributed by atoms with E-state index in [0.717, 1.165) is 23.4 Å². The Morgan fingerprint density at radius 2 is 2.05 bits per heavy atom. The minimum atomic E-state index is -0.144. The maximum absolute atomic E-state index is 14.2. The fourth-order valence-electron chi connectivity index (χ4n) is 3.84. The molecule has 0 bridgehead atoms. The molecule has 1 heterocycles. The van der Waals surface area contributed by atoms with Gasteiger partial charge in [0.25, 0.3) is 0 Å². The van der Waals surface area contributed by atoms with E-state index in [4.69, 9.17) is 10.5 Å². The van der Waals surface area contributed by atoms with Gasteiger partial charge in [0.1, 0.15) is 11.6 Å². The van der Waals surface area contributed by atoms with Gasteiger partial charge in [-0.05, 0) is 25.0 Å². The Morgan fingerprint density at radius 3 is 2.70 bits per heavy atom. The van der Waals surface area contributed by atoms with Crippen molar-refractivity contribution in [1.29, 1.82) is 0 Å². The second-order valence-corrected chi connectivity index (χ2v) is 5.86. The summed E-state index contributed by atoms with van der Waals surface area (Å²) in [6.07, 6.45) is 6.27. The molecule has 4 heteroatoms. The smallest absolute Gasteiger partial charge is 0.128 e. The number of hydrogen-bond donors (Lipinski definition) is 1. The van der Waals surface area contributed by atoms with Crippen molar-refractivity contribution in [3.8, 4) is 5.75 Å². The monoisotopic (exact) mass is 278 g/mol. The molecule has 0 spiro atoms. The van der Waals surface area contributed by atoms with Gasteiger partial charge in [-0.2, -0.15) is 0 Å². The molecule has 2 aliphatic rings. The number of methoxy groups -OCH3 is 1. The minimum absolute atomic E-state index is 0.00296. The lowest BCUT2D eigenvalue weighted by molar-refractivity contribution is 0.115. The van der Waals surface area contributed by atoms with Gasteiger partial charge in [0.05, 0.1) is 13.2 Å². The van der Waals surface area contributed by atoms with E-state index in [2.05, 4.69) is 4.90 Å². The Labute approximate surface area is 119 Å². The highest BCUT2D eigenvalue weighted by Crippen LogP contribution is 2.43. The van der Waals surface area contributed by atoms with Crippen molar-refractivity contribution >= 4 is 0 Å². The lowest BCUT2D eigenvalue weighted by Crippen LogP contribution is -2.38. The van der Waals surface area contributed by atoms with Gasteiger partial charge in [-0.1, -0.05) is 19.3 Å². The summed E-state index contributed by atoms with van der Waals surface area (Å²) in [7, 11) is 1.65. The van der Waals surface area contributed by atoms with E-state index < -0.39 is 0 Å². The van der Waals surface area contributed by atoms with E-state index >= 15 is 0 Å². The first-order valence-electron chi connectivity index (χ1n) is 7.57. The van der Waals surface area contributed by atoms with Crippen molar-refractivity contribution in [1.82, 2.24) is 4.90 Å². The van der Waals surface area contributed by atoms with Crippen molar-refractivity contribution in [2.45, 2.75) is 50.7 Å². The van der Waals surface area contributed by atoms with Crippen LogP contribution >= 0.6 is 0 Å². The minimum Gasteiger partial charge on any atom is -0.496 e. The van der Waals surface area contributed by atoms with Gasteiger partial charge < -0.3 is 10.5 Å². The Hall–Kier alpha value is -1.13. The summed E-state index contributed by atoms with van der Waals surface area (Å²) in [6, 6.07) is 3.77. The average Bonchev–Trinajstić information content (AvgIpc) is 2.89. The molecule has 1 aromatic rings. The summed E-state index contributed by atoms with van der Waals surface area (Å²) in [5.74, 6) is 0.646. The largest absolute Gasteiger partial charge is 0.496 e. The van der Waals surface area contributed by atoms with E-state index in [1.54, 1.807) is 13.2 Å². The van der Waals surface area contributed by atoms with Gasteiger partial charge >= 0.3 is 0 Å². The van der Waals surface area contributed by atoms with Crippen LogP contribution in [0, 0.1) is 5.82 Å². The summed E-state index contributed by atoms with van der Waals surface area (Å²) < 4.78 is 19.7. The number of halogens is 1. The zero-order valence-corrected chi connectivity index (χ0v) is 12.1. The molecule has 0 amide bonds. The summed E-state index contributed by atoms with van der Waals surface area (Å²) in [5.41, 5.74) is 7.71. The van der Waals surface area contributed by atoms with Gasteiger partial charge in [0, 0.05) is 30.3 Å². The van der Waals surface area contributed by atoms with E-state index in [-0.39, 0.29) is 11.9 Å². The van der Waals surface area contributed by atoms with Gasteiger partial charge in [-0.3, -0.25) is 4.90 Å². The van der Waals surface area contributed by atoms with Gasteiger partial charge in [0.2, 0.25) is 0 Å². The zero-order chi connectivity index (χ0) is 14.1. The van der Waals surface area contributed by atoms with E-state index in [0.29, 0.717) is 12.6 Å². The number of rotatable bonds is 3. The molecular weight excluding hydrogens is 255 g/mol. The highest BCUT2D eigenvalue weighted by Gasteiger charge is 2.38. The third kappa shape index (κ3) is 2.21. The van der Waals surface area contributed by atoms with Crippen molar-refractivity contribution in [2.75, 3.05) is 13.7 Å². The van der Waals surface area contributed by atoms with Gasteiger partial charge in [-0.15, -0.1) is 0 Å². The van der Waals surface area contributed by atoms with E-state index in [1.165, 1.54) is 38.2 Å². The van der Waals surface area contributed by atoms with Crippen LogP contribution in [0.2, 0.25) is 0 Å². The topological polar surface area (TPSA) is 38.5 Å². The summed E-state index contributed by atoms with van der Waals surface area (Å²) in [6.45, 7) is 1.23. The molecule has 1 aromatic carbocycles. The molecule has 1 unspecified atom stereocenters. The van der Waals surface area contributed by atoms with Crippen LogP contribution in [-0.4, -0.2) is 24.6 Å². The van der Waals surface area contributed by atoms with Crippen molar-refractivity contribution in [3.63, 3.8) is 0 Å². The van der Waals surface area contributed by atoms with E-state index in [1.807, 2.05) is 0 Å². The third-order valence-electron chi connectivity index (χ3n) is 4.82. The molecule has 0 saturated heterocycles. The Kier molecular flexibility index (Phi) is 3.94. The van der Waals surface area contributed by atoms with Crippen LogP contribution in [0.3, 0.4) is 0 Å². The zero-order valence-electron chi connectivity index (χ0n) is 12.1. The number of nitrogens with zero attached hydrogens (tertiary/aromatic N) is 1. The number of benzene rings is 1. The number of hydrogen-bond acceptors (Lipinski definition) is 3. The fraction of sp³-hybridized carbons (Fsp3) is 0.625. The fourth-order valence-corrected chi connectivity index (χ4v) is 3.84. The number of ether oxygens (including phenoxy) is 1. The second kappa shape index (κ2) is 5.70. The van der Waals surface area contributed by atoms with Crippen LogP contribution in [-0.2, 0) is 6.54 Å². The predicted molar refractivity (Wildman–Crippen MR) is 77.2 cm³/mol. The SMILES string of the molecule is COc1ccc(F)c2c1CN(C1CCCCC1)C2CN. The quantitative estimate of drug-likeness (QED) is 0.923. The normalized spacial score (nSPS) is 23.9. The van der Waals surface area contributed by atoms with Crippen LogP contribution in [0.1, 0.15) is 49.3 Å². The molecule has 0 aromatic heterocycles. The molecule has 1 aliphatic heterocycles. The van der Waals surface area contributed by atoms with E-state index in [9.17, 15) is 4.39 Å². The maximum atomic E-state index is 14.2. The molecule has 2 N–H and O–H groups in total. The summed E-state index contributed by atoms with van der Waals surface area (Å²) in [4.78, 5) is 2.40. The second-order valence-electron chi connectivity index (χ2n) is 5.86. The number of nitrogens with two attached hydrogens (primary N) is 1. The van der Waals surface area contributed by atoms with Crippen LogP contribution in [0.4, 0.5) is 4.39 Å². The Bertz CT molecular complexity index is 486. The molecule has 3 rings (SSSR count). The van der Waals surface area contributed by atoms with Crippen molar-refractivity contribution < 1.29 is 9.13 Å². The highest BCUT2D eigenvalue weighted by molar-refractivity contribution is 5.46. The highest BCUT2D eigenvalue weighted by atomic mass is 19.1. The molecule has 110 valence electrons. The predicted octanol–water partition coefficient (Wildman–Crippen LogP) is 2.98. The van der Waals surface area contributed by atoms with Gasteiger partial charge in [-0.25, -0.2) is 4.39 Å². The third-order valence-corrected chi connectivity index (χ3v) is 4.82. The standard InChI is InChI=1S/C16H23FN2O/c1-20-15-8-7-13(17)16-12(15)10-19(14(16)9-18)11-5-3-2-4-6-11/h7-8,11,14H,2-6,9-10,18H2,1H3. The van der Waals surface area contributed by atoms with Crippen LogP contribution < -0.4 is 10.5 Å². The maximum Gasteiger partial charge on any atom is 0.128 e. The first-order chi connectivity index (χ1) is 9.76. The van der Waals surface area contributed by atoms with Crippen molar-refractivity contribution in [3.05, 3.63) is 29.1 Å². The molecule has 1 atom stereocenters. The Morgan fingerprint density at radius 1 is 1.30 bits per heavy atom. The van der Waals surface area contributed by atoms with Crippen LogP contribution in [0.25, 0.3) is 0 Å². The lowest BCUT2D eigenvalue weighted by atomic mass is 9.93.